The van der Waals surface area contributed by atoms with Gasteiger partial charge in [-0.25, -0.2) is 8.78 Å². The van der Waals surface area contributed by atoms with Crippen molar-refractivity contribution in [3.63, 3.8) is 0 Å². The van der Waals surface area contributed by atoms with Gasteiger partial charge in [-0.1, -0.05) is 12.1 Å². The number of aryl methyl sites for hydroxylation is 1. The van der Waals surface area contributed by atoms with Gasteiger partial charge in [0.25, 0.3) is 0 Å². The Balaban J connectivity index is 1.39. The summed E-state index contributed by atoms with van der Waals surface area (Å²) in [7, 11) is 0. The number of amides is 1. The number of halogens is 2. The van der Waals surface area contributed by atoms with Gasteiger partial charge in [0.1, 0.15) is 11.6 Å². The first-order valence-corrected chi connectivity index (χ1v) is 10.2. The van der Waals surface area contributed by atoms with Crippen LogP contribution in [0.3, 0.4) is 0 Å². The third kappa shape index (κ3) is 2.89. The van der Waals surface area contributed by atoms with Gasteiger partial charge >= 0.3 is 0 Å². The highest BCUT2D eigenvalue weighted by Crippen LogP contribution is 2.67. The summed E-state index contributed by atoms with van der Waals surface area (Å²) >= 11 is 5.44. The number of aromatic amines is 1. The number of carbonyl (C=O) groups is 1. The van der Waals surface area contributed by atoms with E-state index >= 15 is 0 Å². The van der Waals surface area contributed by atoms with E-state index in [4.69, 9.17) is 12.2 Å². The minimum absolute atomic E-state index is 0.0441. The lowest BCUT2D eigenvalue weighted by atomic mass is 9.91. The van der Waals surface area contributed by atoms with Crippen LogP contribution < -0.4 is 5.32 Å². The molecule has 0 saturated heterocycles. The van der Waals surface area contributed by atoms with Crippen molar-refractivity contribution in [1.82, 2.24) is 19.9 Å². The molecule has 1 aliphatic carbocycles. The second kappa shape index (κ2) is 6.84. The maximum Gasteiger partial charge on any atom is 0.226 e. The Morgan fingerprint density at radius 2 is 2.23 bits per heavy atom. The monoisotopic (exact) mass is 426 g/mol. The number of hydrogen-bond acceptors (Lipinski definition) is 3. The van der Waals surface area contributed by atoms with E-state index < -0.39 is 17.0 Å². The van der Waals surface area contributed by atoms with Crippen molar-refractivity contribution in [2.75, 3.05) is 0 Å². The molecule has 1 aliphatic heterocycles. The fourth-order valence-electron chi connectivity index (χ4n) is 4.74. The van der Waals surface area contributed by atoms with Crippen LogP contribution in [0.5, 0.6) is 0 Å². The van der Waals surface area contributed by atoms with Crippen molar-refractivity contribution in [3.8, 4) is 0 Å². The van der Waals surface area contributed by atoms with Crippen LogP contribution in [0.2, 0.25) is 0 Å². The second-order valence-corrected chi connectivity index (χ2v) is 8.55. The molecule has 154 valence electrons. The van der Waals surface area contributed by atoms with Crippen molar-refractivity contribution in [2.45, 2.75) is 44.2 Å². The molecule has 0 radical (unpaired) electrons. The molecule has 1 saturated carbocycles. The van der Waals surface area contributed by atoms with E-state index in [-0.39, 0.29) is 23.8 Å². The second-order valence-electron chi connectivity index (χ2n) is 8.16. The summed E-state index contributed by atoms with van der Waals surface area (Å²) in [5, 5.41) is 2.88. The van der Waals surface area contributed by atoms with Crippen molar-refractivity contribution in [1.29, 1.82) is 0 Å². The first-order valence-electron chi connectivity index (χ1n) is 9.83. The van der Waals surface area contributed by atoms with Crippen molar-refractivity contribution in [2.24, 2.45) is 0 Å². The Kier molecular flexibility index (Phi) is 4.36. The molecule has 3 heterocycles. The predicted molar refractivity (Wildman–Crippen MR) is 110 cm³/mol. The van der Waals surface area contributed by atoms with E-state index in [9.17, 15) is 13.6 Å². The number of aromatic nitrogens is 3. The summed E-state index contributed by atoms with van der Waals surface area (Å²) in [4.78, 5) is 19.7. The summed E-state index contributed by atoms with van der Waals surface area (Å²) in [5.41, 5.74) is 2.51. The highest BCUT2D eigenvalue weighted by atomic mass is 32.1. The third-order valence-corrected chi connectivity index (χ3v) is 6.60. The van der Waals surface area contributed by atoms with Gasteiger partial charge in [-0.15, -0.1) is 0 Å². The van der Waals surface area contributed by atoms with Crippen LogP contribution in [0, 0.1) is 23.3 Å². The average Bonchev–Trinajstić information content (AvgIpc) is 3.21. The Morgan fingerprint density at radius 1 is 1.40 bits per heavy atom. The molecule has 0 unspecified atom stereocenters. The standard InChI is InChI=1S/C22H20F2N4OS/c1-12-4-5-15(23)18(19(12)24)22-8-14(22)20-16(27-21(30)28(20)11-22)7-17(29)26-10-13-3-2-6-25-9-13/h2-6,9,14H,7-8,10-11H2,1H3,(H,26,29)(H,27,30)/t14-,22-/m0/s1. The molecule has 5 rings (SSSR count). The fraction of sp³-hybridized carbons (Fsp3) is 0.318. The molecule has 0 spiro atoms. The lowest BCUT2D eigenvalue weighted by molar-refractivity contribution is -0.120. The number of carbonyl (C=O) groups excluding carboxylic acids is 1. The molecular formula is C22H20F2N4OS. The molecule has 1 aromatic carbocycles. The lowest BCUT2D eigenvalue weighted by Gasteiger charge is -2.16. The fourth-order valence-corrected chi connectivity index (χ4v) is 5.02. The van der Waals surface area contributed by atoms with Crippen molar-refractivity contribution >= 4 is 18.1 Å². The van der Waals surface area contributed by atoms with Gasteiger partial charge in [-0.05, 0) is 48.8 Å². The number of nitrogens with one attached hydrogen (secondary N) is 2. The summed E-state index contributed by atoms with van der Waals surface area (Å²) in [5.74, 6) is -1.19. The number of pyridine rings is 1. The predicted octanol–water partition coefficient (Wildman–Crippen LogP) is 3.83. The topological polar surface area (TPSA) is 62.7 Å². The number of fused-ring (bicyclic) bond motifs is 3. The summed E-state index contributed by atoms with van der Waals surface area (Å²) in [6.07, 6.45) is 4.17. The van der Waals surface area contributed by atoms with Crippen LogP contribution in [0.15, 0.2) is 36.7 Å². The lowest BCUT2D eigenvalue weighted by Crippen LogP contribution is -2.25. The Morgan fingerprint density at radius 3 is 3.00 bits per heavy atom. The number of imidazole rings is 1. The van der Waals surface area contributed by atoms with Crippen LogP contribution in [0.25, 0.3) is 0 Å². The molecule has 2 aliphatic rings. The van der Waals surface area contributed by atoms with Crippen LogP contribution in [-0.4, -0.2) is 20.4 Å². The zero-order valence-electron chi connectivity index (χ0n) is 16.3. The molecular weight excluding hydrogens is 406 g/mol. The van der Waals surface area contributed by atoms with Crippen LogP contribution in [-0.2, 0) is 29.7 Å². The SMILES string of the molecule is Cc1ccc(F)c([C@]23C[C@H]2c2c(CC(=O)NCc4cccnc4)[nH]c(=S)n2C3)c1F. The Labute approximate surface area is 177 Å². The maximum absolute atomic E-state index is 14.8. The van der Waals surface area contributed by atoms with Crippen LogP contribution in [0.1, 0.15) is 40.4 Å². The van der Waals surface area contributed by atoms with Gasteiger partial charge in [0.05, 0.1) is 6.42 Å². The molecule has 0 bridgehead atoms. The third-order valence-electron chi connectivity index (χ3n) is 6.28. The summed E-state index contributed by atoms with van der Waals surface area (Å²) in [6.45, 7) is 2.46. The highest BCUT2D eigenvalue weighted by Gasteiger charge is 2.64. The van der Waals surface area contributed by atoms with E-state index in [1.165, 1.54) is 12.1 Å². The highest BCUT2D eigenvalue weighted by molar-refractivity contribution is 7.71. The Bertz CT molecular complexity index is 1220. The quantitative estimate of drug-likeness (QED) is 0.610. The van der Waals surface area contributed by atoms with E-state index in [1.54, 1.807) is 19.3 Å². The van der Waals surface area contributed by atoms with Gasteiger partial charge in [-0.3, -0.25) is 9.78 Å². The molecule has 30 heavy (non-hydrogen) atoms. The zero-order valence-corrected chi connectivity index (χ0v) is 17.2. The van der Waals surface area contributed by atoms with Crippen molar-refractivity contribution in [3.05, 3.63) is 81.1 Å². The van der Waals surface area contributed by atoms with Crippen LogP contribution in [0.4, 0.5) is 8.78 Å². The number of hydrogen-bond donors (Lipinski definition) is 2. The zero-order chi connectivity index (χ0) is 21.0. The van der Waals surface area contributed by atoms with E-state index in [0.29, 0.717) is 29.8 Å². The summed E-state index contributed by atoms with van der Waals surface area (Å²) in [6, 6.07) is 6.50. The van der Waals surface area contributed by atoms with E-state index in [2.05, 4.69) is 15.3 Å². The van der Waals surface area contributed by atoms with Gasteiger partial charge < -0.3 is 14.9 Å². The van der Waals surface area contributed by atoms with Crippen molar-refractivity contribution < 1.29 is 13.6 Å². The largest absolute Gasteiger partial charge is 0.352 e. The van der Waals surface area contributed by atoms with Gasteiger partial charge in [0, 0.05) is 53.8 Å². The van der Waals surface area contributed by atoms with Gasteiger partial charge in [-0.2, -0.15) is 0 Å². The maximum atomic E-state index is 14.8. The van der Waals surface area contributed by atoms with E-state index in [1.807, 2.05) is 16.7 Å². The first-order chi connectivity index (χ1) is 14.4. The molecule has 2 aromatic heterocycles. The number of benzene rings is 1. The van der Waals surface area contributed by atoms with E-state index in [0.717, 1.165) is 17.0 Å². The van der Waals surface area contributed by atoms with Crippen LogP contribution >= 0.6 is 12.2 Å². The Hall–Kier alpha value is -2.87. The molecule has 1 amide bonds. The summed E-state index contributed by atoms with van der Waals surface area (Å²) < 4.78 is 31.8. The molecule has 2 atom stereocenters. The average molecular weight is 426 g/mol. The smallest absolute Gasteiger partial charge is 0.226 e. The molecule has 3 aromatic rings. The number of rotatable bonds is 5. The minimum Gasteiger partial charge on any atom is -0.352 e. The number of H-pyrrole nitrogens is 1. The molecule has 2 N–H and O–H groups in total. The molecule has 8 heteroatoms. The number of nitrogens with zero attached hydrogens (tertiary/aromatic N) is 2. The molecule has 1 fully saturated rings. The molecule has 5 nitrogen and oxygen atoms in total. The van der Waals surface area contributed by atoms with Gasteiger partial charge in [0.15, 0.2) is 4.77 Å². The first kappa shape index (κ1) is 19.1. The normalized spacial score (nSPS) is 21.2. The van der Waals surface area contributed by atoms with Gasteiger partial charge in [0.2, 0.25) is 5.91 Å². The minimum atomic E-state index is -0.612.